The topological polar surface area (TPSA) is 65.1 Å². The number of allylic oxidation sites excluding steroid dienone is 4. The zero-order chi connectivity index (χ0) is 22.8. The second-order valence-corrected chi connectivity index (χ2v) is 9.61. The fourth-order valence-corrected chi connectivity index (χ4v) is 6.14. The number of carbonyl (C=O) groups excluding carboxylic acids is 2. The molecule has 32 heavy (non-hydrogen) atoms. The molecule has 0 radical (unpaired) electrons. The minimum absolute atomic E-state index is 0.155. The highest BCUT2D eigenvalue weighted by atomic mass is 127. The standard InChI is InChI=1S/C25H30INO5/c1-30-12-6-11-27-17-7-4-9-19(28)23(17)22(24-18(27)8-5-10-20(24)29)15-13-16(26)25(32-3)21(14-15)31-2/h13-14,22H,4-12H2,1-3H3. The van der Waals surface area contributed by atoms with Gasteiger partial charge in [-0.15, -0.1) is 0 Å². The highest BCUT2D eigenvalue weighted by molar-refractivity contribution is 14.1. The first-order valence-electron chi connectivity index (χ1n) is 11.2. The number of ketones is 2. The molecule has 0 amide bonds. The van der Waals surface area contributed by atoms with Gasteiger partial charge in [0.2, 0.25) is 0 Å². The van der Waals surface area contributed by atoms with Crippen LogP contribution in [0, 0.1) is 3.57 Å². The molecule has 0 N–H and O–H groups in total. The Bertz CT molecular complexity index is 952. The monoisotopic (exact) mass is 551 g/mol. The van der Waals surface area contributed by atoms with Crippen molar-refractivity contribution in [2.75, 3.05) is 34.5 Å². The molecular formula is C25H30INO5. The van der Waals surface area contributed by atoms with Gasteiger partial charge in [0.05, 0.1) is 17.8 Å². The lowest BCUT2D eigenvalue weighted by Crippen LogP contribution is -2.39. The van der Waals surface area contributed by atoms with Gasteiger partial charge in [-0.1, -0.05) is 0 Å². The summed E-state index contributed by atoms with van der Waals surface area (Å²) in [4.78, 5) is 28.9. The molecule has 1 heterocycles. The van der Waals surface area contributed by atoms with Crippen LogP contribution in [-0.4, -0.2) is 50.9 Å². The lowest BCUT2D eigenvalue weighted by Gasteiger charge is -2.44. The highest BCUT2D eigenvalue weighted by Gasteiger charge is 2.43. The van der Waals surface area contributed by atoms with Gasteiger partial charge >= 0.3 is 0 Å². The van der Waals surface area contributed by atoms with Crippen LogP contribution < -0.4 is 9.47 Å². The molecule has 4 rings (SSSR count). The van der Waals surface area contributed by atoms with Crippen LogP contribution in [-0.2, 0) is 14.3 Å². The van der Waals surface area contributed by atoms with E-state index in [1.54, 1.807) is 21.3 Å². The Labute approximate surface area is 203 Å². The second-order valence-electron chi connectivity index (χ2n) is 8.44. The summed E-state index contributed by atoms with van der Waals surface area (Å²) in [5.74, 6) is 1.26. The van der Waals surface area contributed by atoms with Crippen molar-refractivity contribution >= 4 is 34.2 Å². The lowest BCUT2D eigenvalue weighted by molar-refractivity contribution is -0.117. The van der Waals surface area contributed by atoms with Gasteiger partial charge in [-0.05, 0) is 72.4 Å². The van der Waals surface area contributed by atoms with Gasteiger partial charge in [0.25, 0.3) is 0 Å². The average molecular weight is 551 g/mol. The van der Waals surface area contributed by atoms with E-state index in [-0.39, 0.29) is 17.5 Å². The predicted molar refractivity (Wildman–Crippen MR) is 130 cm³/mol. The molecule has 2 aliphatic carbocycles. The van der Waals surface area contributed by atoms with E-state index in [4.69, 9.17) is 14.2 Å². The molecule has 172 valence electrons. The Morgan fingerprint density at radius 1 is 0.938 bits per heavy atom. The maximum absolute atomic E-state index is 13.3. The minimum atomic E-state index is -0.340. The van der Waals surface area contributed by atoms with E-state index in [1.807, 2.05) is 12.1 Å². The smallest absolute Gasteiger partial charge is 0.174 e. The number of carbonyl (C=O) groups is 2. The van der Waals surface area contributed by atoms with E-state index in [0.29, 0.717) is 30.9 Å². The van der Waals surface area contributed by atoms with Gasteiger partial charge in [0.15, 0.2) is 23.1 Å². The molecule has 1 aromatic carbocycles. The molecule has 0 saturated heterocycles. The first kappa shape index (κ1) is 23.3. The van der Waals surface area contributed by atoms with Gasteiger partial charge < -0.3 is 19.1 Å². The molecular weight excluding hydrogens is 521 g/mol. The zero-order valence-electron chi connectivity index (χ0n) is 19.0. The van der Waals surface area contributed by atoms with Gasteiger partial charge in [-0.2, -0.15) is 0 Å². The van der Waals surface area contributed by atoms with Crippen LogP contribution >= 0.6 is 22.6 Å². The summed E-state index contributed by atoms with van der Waals surface area (Å²) in [6.45, 7) is 1.42. The third kappa shape index (κ3) is 4.09. The van der Waals surface area contributed by atoms with Crippen molar-refractivity contribution in [1.82, 2.24) is 4.90 Å². The third-order valence-corrected chi connectivity index (χ3v) is 7.41. The minimum Gasteiger partial charge on any atom is -0.493 e. The Hall–Kier alpha value is -1.87. The van der Waals surface area contributed by atoms with Gasteiger partial charge in [0.1, 0.15) is 0 Å². The number of hydrogen-bond donors (Lipinski definition) is 0. The molecule has 6 nitrogen and oxygen atoms in total. The summed E-state index contributed by atoms with van der Waals surface area (Å²) in [5.41, 5.74) is 4.71. The number of halogens is 1. The normalized spacial score (nSPS) is 19.3. The van der Waals surface area contributed by atoms with Crippen molar-refractivity contribution in [2.24, 2.45) is 0 Å². The van der Waals surface area contributed by atoms with Crippen LogP contribution in [0.1, 0.15) is 56.4 Å². The quantitative estimate of drug-likeness (QED) is 0.360. The number of hydrogen-bond acceptors (Lipinski definition) is 6. The molecule has 0 atom stereocenters. The summed E-state index contributed by atoms with van der Waals surface area (Å²) >= 11 is 2.23. The summed E-state index contributed by atoms with van der Waals surface area (Å²) in [5, 5.41) is 0. The Balaban J connectivity index is 1.91. The van der Waals surface area contributed by atoms with Crippen molar-refractivity contribution in [3.05, 3.63) is 43.8 Å². The fourth-order valence-electron chi connectivity index (χ4n) is 5.29. The molecule has 7 heteroatoms. The molecule has 0 unspecified atom stereocenters. The van der Waals surface area contributed by atoms with Crippen molar-refractivity contribution in [1.29, 1.82) is 0 Å². The Morgan fingerprint density at radius 3 is 2.09 bits per heavy atom. The second kappa shape index (κ2) is 9.95. The van der Waals surface area contributed by atoms with Crippen LogP contribution in [0.5, 0.6) is 11.5 Å². The van der Waals surface area contributed by atoms with Gasteiger partial charge in [-0.25, -0.2) is 0 Å². The molecule has 0 fully saturated rings. The van der Waals surface area contributed by atoms with E-state index >= 15 is 0 Å². The predicted octanol–water partition coefficient (Wildman–Crippen LogP) is 4.76. The summed E-state index contributed by atoms with van der Waals surface area (Å²) in [6, 6.07) is 3.97. The van der Waals surface area contributed by atoms with Crippen LogP contribution in [0.15, 0.2) is 34.7 Å². The molecule has 0 saturated carbocycles. The van der Waals surface area contributed by atoms with E-state index < -0.39 is 0 Å². The molecule has 0 aromatic heterocycles. The van der Waals surface area contributed by atoms with Crippen LogP contribution in [0.4, 0.5) is 0 Å². The van der Waals surface area contributed by atoms with Crippen LogP contribution in [0.25, 0.3) is 0 Å². The molecule has 3 aliphatic rings. The molecule has 0 spiro atoms. The number of benzene rings is 1. The average Bonchev–Trinajstić information content (AvgIpc) is 2.79. The number of nitrogens with zero attached hydrogens (tertiary/aromatic N) is 1. The van der Waals surface area contributed by atoms with Crippen molar-refractivity contribution in [3.8, 4) is 11.5 Å². The number of ether oxygens (including phenoxy) is 3. The first-order chi connectivity index (χ1) is 15.5. The lowest BCUT2D eigenvalue weighted by atomic mass is 9.71. The van der Waals surface area contributed by atoms with E-state index in [9.17, 15) is 9.59 Å². The first-order valence-corrected chi connectivity index (χ1v) is 12.3. The highest BCUT2D eigenvalue weighted by Crippen LogP contribution is 2.50. The molecule has 0 bridgehead atoms. The number of methoxy groups -OCH3 is 3. The van der Waals surface area contributed by atoms with Gasteiger partial charge in [-0.3, -0.25) is 9.59 Å². The fraction of sp³-hybridized carbons (Fsp3) is 0.520. The van der Waals surface area contributed by atoms with Crippen LogP contribution in [0.3, 0.4) is 0 Å². The van der Waals surface area contributed by atoms with Crippen molar-refractivity contribution in [3.63, 3.8) is 0 Å². The van der Waals surface area contributed by atoms with Crippen molar-refractivity contribution in [2.45, 2.75) is 50.9 Å². The van der Waals surface area contributed by atoms with Gasteiger partial charge in [0, 0.05) is 61.6 Å². The number of rotatable bonds is 7. The van der Waals surface area contributed by atoms with E-state index in [2.05, 4.69) is 27.5 Å². The summed E-state index contributed by atoms with van der Waals surface area (Å²) in [6.07, 6.45) is 5.34. The largest absolute Gasteiger partial charge is 0.493 e. The number of Topliss-reactive ketones (excluding diaryl/α,β-unsaturated/α-hetero) is 2. The van der Waals surface area contributed by atoms with Crippen LogP contribution in [0.2, 0.25) is 0 Å². The third-order valence-electron chi connectivity index (χ3n) is 6.61. The maximum atomic E-state index is 13.3. The maximum Gasteiger partial charge on any atom is 0.174 e. The zero-order valence-corrected chi connectivity index (χ0v) is 21.1. The molecule has 1 aromatic rings. The van der Waals surface area contributed by atoms with E-state index in [0.717, 1.165) is 70.3 Å². The van der Waals surface area contributed by atoms with E-state index in [1.165, 1.54) is 0 Å². The SMILES string of the molecule is COCCCN1C2=C(C(=O)CCC2)C(c2cc(I)c(OC)c(OC)c2)C2=C1CCCC2=O. The summed E-state index contributed by atoms with van der Waals surface area (Å²) in [7, 11) is 4.94. The Kier molecular flexibility index (Phi) is 7.24. The summed E-state index contributed by atoms with van der Waals surface area (Å²) < 4.78 is 17.3. The molecule has 1 aliphatic heterocycles. The Morgan fingerprint density at radius 2 is 1.56 bits per heavy atom. The van der Waals surface area contributed by atoms with Crippen molar-refractivity contribution < 1.29 is 23.8 Å².